The van der Waals surface area contributed by atoms with Crippen molar-refractivity contribution in [3.8, 4) is 10.8 Å². The van der Waals surface area contributed by atoms with Gasteiger partial charge < -0.3 is 4.98 Å². The normalized spacial score (nSPS) is 11.8. The van der Waals surface area contributed by atoms with E-state index in [2.05, 4.69) is 39.1 Å². The quantitative estimate of drug-likeness (QED) is 0.572. The molecule has 0 aliphatic heterocycles. The van der Waals surface area contributed by atoms with Crippen molar-refractivity contribution in [2.24, 2.45) is 5.10 Å². The second-order valence-corrected chi connectivity index (χ2v) is 6.01. The van der Waals surface area contributed by atoms with Gasteiger partial charge in [0.05, 0.1) is 17.6 Å². The van der Waals surface area contributed by atoms with E-state index >= 15 is 0 Å². The van der Waals surface area contributed by atoms with Crippen LogP contribution in [0, 0.1) is 4.77 Å². The van der Waals surface area contributed by atoms with Gasteiger partial charge in [-0.25, -0.2) is 10.1 Å². The van der Waals surface area contributed by atoms with Gasteiger partial charge in [0.1, 0.15) is 0 Å². The van der Waals surface area contributed by atoms with Crippen LogP contribution in [0.4, 0.5) is 0 Å². The predicted octanol–water partition coefficient (Wildman–Crippen LogP) is 3.40. The molecule has 108 valence electrons. The maximum absolute atomic E-state index is 5.22. The van der Waals surface area contributed by atoms with E-state index in [1.807, 2.05) is 23.7 Å². The third kappa shape index (κ3) is 2.86. The highest BCUT2D eigenvalue weighted by Crippen LogP contribution is 2.25. The first-order valence-corrected chi connectivity index (χ1v) is 7.75. The van der Waals surface area contributed by atoms with E-state index in [9.17, 15) is 0 Å². The third-order valence-electron chi connectivity index (χ3n) is 2.89. The number of nitrogens with one attached hydrogen (secondary N) is 2. The van der Waals surface area contributed by atoms with Gasteiger partial charge in [0, 0.05) is 11.6 Å². The Labute approximate surface area is 130 Å². The Morgan fingerprint density at radius 1 is 1.48 bits per heavy atom. The molecule has 21 heavy (non-hydrogen) atoms. The van der Waals surface area contributed by atoms with Crippen LogP contribution in [0.5, 0.6) is 0 Å². The topological polar surface area (TPSA) is 74.7 Å². The average Bonchev–Trinajstić information content (AvgIpc) is 3.17. The Kier molecular flexibility index (Phi) is 3.80. The number of hydrogen-bond donors (Lipinski definition) is 2. The summed E-state index contributed by atoms with van der Waals surface area (Å²) in [5.41, 5.74) is 1.94. The molecule has 0 saturated carbocycles. The molecule has 3 aromatic rings. The van der Waals surface area contributed by atoms with Crippen molar-refractivity contribution in [2.75, 3.05) is 0 Å². The van der Waals surface area contributed by atoms with E-state index in [1.54, 1.807) is 10.9 Å². The minimum absolute atomic E-state index is 0.382. The molecule has 0 spiro atoms. The molecule has 0 fully saturated rings. The van der Waals surface area contributed by atoms with E-state index in [1.165, 1.54) is 11.3 Å². The highest BCUT2D eigenvalue weighted by molar-refractivity contribution is 7.71. The van der Waals surface area contributed by atoms with Crippen molar-refractivity contribution in [1.82, 2.24) is 24.8 Å². The fourth-order valence-corrected chi connectivity index (χ4v) is 2.87. The SMILES string of the molecule is CC(C)c1csc(-c2n[nH]c(=S)n2/N=C/c2ccc[nH]2)n1. The summed E-state index contributed by atoms with van der Waals surface area (Å²) in [7, 11) is 0. The molecule has 0 radical (unpaired) electrons. The van der Waals surface area contributed by atoms with Crippen LogP contribution < -0.4 is 0 Å². The monoisotopic (exact) mass is 318 g/mol. The van der Waals surface area contributed by atoms with E-state index < -0.39 is 0 Å². The van der Waals surface area contributed by atoms with Gasteiger partial charge in [-0.05, 0) is 30.3 Å². The van der Waals surface area contributed by atoms with Crippen molar-refractivity contribution in [1.29, 1.82) is 0 Å². The molecule has 6 nitrogen and oxygen atoms in total. The summed E-state index contributed by atoms with van der Waals surface area (Å²) in [5, 5.41) is 14.2. The highest BCUT2D eigenvalue weighted by atomic mass is 32.1. The predicted molar refractivity (Wildman–Crippen MR) is 86.4 cm³/mol. The summed E-state index contributed by atoms with van der Waals surface area (Å²) in [6.45, 7) is 4.22. The first kappa shape index (κ1) is 13.9. The third-order valence-corrected chi connectivity index (χ3v) is 4.01. The van der Waals surface area contributed by atoms with Crippen LogP contribution in [0.25, 0.3) is 10.8 Å². The van der Waals surface area contributed by atoms with Gasteiger partial charge in [-0.3, -0.25) is 0 Å². The summed E-state index contributed by atoms with van der Waals surface area (Å²) < 4.78 is 2.02. The smallest absolute Gasteiger partial charge is 0.216 e. The summed E-state index contributed by atoms with van der Waals surface area (Å²) in [4.78, 5) is 7.64. The van der Waals surface area contributed by atoms with Crippen molar-refractivity contribution in [3.05, 3.63) is 39.9 Å². The van der Waals surface area contributed by atoms with Crippen molar-refractivity contribution in [2.45, 2.75) is 19.8 Å². The van der Waals surface area contributed by atoms with Gasteiger partial charge >= 0.3 is 0 Å². The van der Waals surface area contributed by atoms with Crippen LogP contribution in [0.15, 0.2) is 28.8 Å². The number of aromatic nitrogens is 5. The maximum Gasteiger partial charge on any atom is 0.216 e. The van der Waals surface area contributed by atoms with Gasteiger partial charge in [0.2, 0.25) is 10.6 Å². The maximum atomic E-state index is 5.22. The molecule has 0 unspecified atom stereocenters. The first-order chi connectivity index (χ1) is 10.1. The molecule has 0 bridgehead atoms. The summed E-state index contributed by atoms with van der Waals surface area (Å²) in [6.07, 6.45) is 3.54. The summed E-state index contributed by atoms with van der Waals surface area (Å²) in [6, 6.07) is 3.83. The zero-order valence-corrected chi connectivity index (χ0v) is 13.2. The molecule has 0 atom stereocenters. The van der Waals surface area contributed by atoms with Crippen LogP contribution >= 0.6 is 23.6 Å². The number of nitrogens with zero attached hydrogens (tertiary/aromatic N) is 4. The second kappa shape index (κ2) is 5.74. The largest absolute Gasteiger partial charge is 0.360 e. The molecule has 8 heteroatoms. The van der Waals surface area contributed by atoms with Gasteiger partial charge in [0.15, 0.2) is 5.01 Å². The van der Waals surface area contributed by atoms with E-state index in [4.69, 9.17) is 12.2 Å². The van der Waals surface area contributed by atoms with Crippen molar-refractivity contribution >= 4 is 29.8 Å². The van der Waals surface area contributed by atoms with Gasteiger partial charge in [0.25, 0.3) is 0 Å². The Balaban J connectivity index is 1.98. The number of H-pyrrole nitrogens is 2. The average molecular weight is 318 g/mol. The first-order valence-electron chi connectivity index (χ1n) is 6.46. The van der Waals surface area contributed by atoms with Crippen LogP contribution in [-0.4, -0.2) is 31.1 Å². The summed E-state index contributed by atoms with van der Waals surface area (Å²) >= 11 is 6.76. The highest BCUT2D eigenvalue weighted by Gasteiger charge is 2.14. The number of thiazole rings is 1. The lowest BCUT2D eigenvalue weighted by molar-refractivity contribution is 0.828. The molecule has 3 rings (SSSR count). The van der Waals surface area contributed by atoms with Crippen molar-refractivity contribution < 1.29 is 0 Å². The number of hydrogen-bond acceptors (Lipinski definition) is 5. The molecule has 3 aromatic heterocycles. The standard InChI is InChI=1S/C13H14N6S2/c1-8(2)10-7-21-12(16-10)11-17-18-13(20)19(11)15-6-9-4-3-5-14-9/h3-8,14H,1-2H3,(H,18,20)/b15-6+. The van der Waals surface area contributed by atoms with Gasteiger partial charge in [-0.15, -0.1) is 16.4 Å². The Hall–Kier alpha value is -2.06. The molecular formula is C13H14N6S2. The van der Waals surface area contributed by atoms with Crippen LogP contribution in [0.1, 0.15) is 31.2 Å². The lowest BCUT2D eigenvalue weighted by Gasteiger charge is -1.98. The Morgan fingerprint density at radius 3 is 3.00 bits per heavy atom. The molecule has 0 aliphatic carbocycles. The fourth-order valence-electron chi connectivity index (χ4n) is 1.74. The molecule has 0 aliphatic rings. The number of rotatable bonds is 4. The van der Waals surface area contributed by atoms with Crippen molar-refractivity contribution in [3.63, 3.8) is 0 Å². The molecular weight excluding hydrogens is 304 g/mol. The van der Waals surface area contributed by atoms with Gasteiger partial charge in [-0.1, -0.05) is 13.8 Å². The lowest BCUT2D eigenvalue weighted by atomic mass is 10.2. The van der Waals surface area contributed by atoms with E-state index in [-0.39, 0.29) is 0 Å². The fraction of sp³-hybridized carbons (Fsp3) is 0.231. The molecule has 2 N–H and O–H groups in total. The van der Waals surface area contributed by atoms with Crippen LogP contribution in [0.3, 0.4) is 0 Å². The van der Waals surface area contributed by atoms with Gasteiger partial charge in [-0.2, -0.15) is 9.78 Å². The number of aromatic amines is 2. The molecule has 3 heterocycles. The van der Waals surface area contributed by atoms with Crippen LogP contribution in [-0.2, 0) is 0 Å². The zero-order valence-electron chi connectivity index (χ0n) is 11.6. The van der Waals surface area contributed by atoms with Crippen LogP contribution in [0.2, 0.25) is 0 Å². The zero-order chi connectivity index (χ0) is 14.8. The molecule has 0 saturated heterocycles. The van der Waals surface area contributed by atoms with E-state index in [0.717, 1.165) is 16.4 Å². The Bertz CT molecular complexity index is 806. The second-order valence-electron chi connectivity index (χ2n) is 4.77. The lowest BCUT2D eigenvalue weighted by Crippen LogP contribution is -1.95. The van der Waals surface area contributed by atoms with E-state index in [0.29, 0.717) is 16.5 Å². The summed E-state index contributed by atoms with van der Waals surface area (Å²) in [5.74, 6) is 1.01. The minimum Gasteiger partial charge on any atom is -0.360 e. The Morgan fingerprint density at radius 2 is 2.33 bits per heavy atom. The molecule has 0 amide bonds. The molecule has 0 aromatic carbocycles. The minimum atomic E-state index is 0.382.